The number of nitrogens with one attached hydrogen (secondary N) is 1. The maximum atomic E-state index is 10.8. The van der Waals surface area contributed by atoms with Gasteiger partial charge in [-0.05, 0) is 25.5 Å². The van der Waals surface area contributed by atoms with Crippen LogP contribution in [0.2, 0.25) is 0 Å². The lowest BCUT2D eigenvalue weighted by molar-refractivity contribution is 0.0690. The lowest BCUT2D eigenvalue weighted by Crippen LogP contribution is -1.98. The number of carboxylic acid groups (broad SMARTS) is 1. The van der Waals surface area contributed by atoms with Crippen molar-refractivity contribution >= 4 is 5.97 Å². The van der Waals surface area contributed by atoms with E-state index in [0.29, 0.717) is 17.2 Å². The maximum Gasteiger partial charge on any atom is 0.356 e. The van der Waals surface area contributed by atoms with Crippen LogP contribution in [0.5, 0.6) is 0 Å². The van der Waals surface area contributed by atoms with Gasteiger partial charge in [0, 0.05) is 11.9 Å². The summed E-state index contributed by atoms with van der Waals surface area (Å²) in [5.41, 5.74) is 2.26. The smallest absolute Gasteiger partial charge is 0.356 e. The first-order valence-electron chi connectivity index (χ1n) is 4.81. The molecule has 16 heavy (non-hydrogen) atoms. The monoisotopic (exact) mass is 217 g/mol. The van der Waals surface area contributed by atoms with Gasteiger partial charge in [-0.25, -0.2) is 9.78 Å². The van der Waals surface area contributed by atoms with Crippen molar-refractivity contribution in [3.63, 3.8) is 0 Å². The number of hydrogen-bond donors (Lipinski definition) is 2. The van der Waals surface area contributed by atoms with Gasteiger partial charge in [0.2, 0.25) is 0 Å². The normalized spacial score (nSPS) is 10.4. The van der Waals surface area contributed by atoms with Crippen molar-refractivity contribution in [2.45, 2.75) is 13.8 Å². The second-order valence-electron chi connectivity index (χ2n) is 3.58. The summed E-state index contributed by atoms with van der Waals surface area (Å²) in [6.07, 6.45) is 1.72. The van der Waals surface area contributed by atoms with Crippen LogP contribution in [0.25, 0.3) is 11.5 Å². The Labute approximate surface area is 92.2 Å². The molecular formula is C11H11N3O2. The minimum atomic E-state index is -1.04. The minimum Gasteiger partial charge on any atom is -0.476 e. The molecule has 0 radical (unpaired) electrons. The molecule has 0 saturated heterocycles. The van der Waals surface area contributed by atoms with Crippen molar-refractivity contribution < 1.29 is 9.90 Å². The minimum absolute atomic E-state index is 0.0392. The van der Waals surface area contributed by atoms with Gasteiger partial charge >= 0.3 is 5.97 Å². The molecule has 0 spiro atoms. The van der Waals surface area contributed by atoms with Crippen LogP contribution >= 0.6 is 0 Å². The molecule has 0 fully saturated rings. The number of rotatable bonds is 2. The first kappa shape index (κ1) is 10.4. The molecule has 5 nitrogen and oxygen atoms in total. The van der Waals surface area contributed by atoms with Crippen LogP contribution in [-0.2, 0) is 0 Å². The summed E-state index contributed by atoms with van der Waals surface area (Å²) < 4.78 is 0. The fourth-order valence-corrected chi connectivity index (χ4v) is 1.40. The fourth-order valence-electron chi connectivity index (χ4n) is 1.40. The van der Waals surface area contributed by atoms with Crippen molar-refractivity contribution in [2.24, 2.45) is 0 Å². The Morgan fingerprint density at radius 1 is 1.38 bits per heavy atom. The van der Waals surface area contributed by atoms with Gasteiger partial charge in [0.1, 0.15) is 5.69 Å². The zero-order valence-electron chi connectivity index (χ0n) is 8.98. The van der Waals surface area contributed by atoms with Crippen LogP contribution in [0.3, 0.4) is 0 Å². The van der Waals surface area contributed by atoms with Crippen LogP contribution in [0.1, 0.15) is 21.7 Å². The van der Waals surface area contributed by atoms with Gasteiger partial charge < -0.3 is 10.1 Å². The van der Waals surface area contributed by atoms with E-state index in [4.69, 9.17) is 5.11 Å². The standard InChI is InChI=1S/C11H11N3O2/c1-6-3-4-8(12-5-6)10-13-7(2)9(14-10)11(15)16/h3-5H,1-2H3,(H,13,14)(H,15,16). The van der Waals surface area contributed by atoms with Crippen LogP contribution in [0.15, 0.2) is 18.3 Å². The number of carboxylic acids is 1. The van der Waals surface area contributed by atoms with E-state index in [1.165, 1.54) is 0 Å². The van der Waals surface area contributed by atoms with Crippen LogP contribution < -0.4 is 0 Å². The molecule has 0 aliphatic rings. The molecule has 5 heteroatoms. The van der Waals surface area contributed by atoms with Crippen LogP contribution in [0, 0.1) is 13.8 Å². The van der Waals surface area contributed by atoms with Gasteiger partial charge in [0.15, 0.2) is 11.5 Å². The number of hydrogen-bond acceptors (Lipinski definition) is 3. The Hall–Kier alpha value is -2.17. The van der Waals surface area contributed by atoms with Crippen molar-refractivity contribution in [1.29, 1.82) is 0 Å². The molecule has 0 aromatic carbocycles. The predicted octanol–water partition coefficient (Wildman–Crippen LogP) is 1.79. The number of imidazole rings is 1. The summed E-state index contributed by atoms with van der Waals surface area (Å²) in [4.78, 5) is 21.9. The van der Waals surface area contributed by atoms with Crippen molar-refractivity contribution in [3.8, 4) is 11.5 Å². The van der Waals surface area contributed by atoms with Crippen molar-refractivity contribution in [2.75, 3.05) is 0 Å². The molecule has 82 valence electrons. The number of H-pyrrole nitrogens is 1. The SMILES string of the molecule is Cc1ccc(-c2nc(C(=O)O)c(C)[nH]2)nc1. The number of aryl methyl sites for hydroxylation is 2. The molecule has 2 N–H and O–H groups in total. The van der Waals surface area contributed by atoms with E-state index in [-0.39, 0.29) is 5.69 Å². The van der Waals surface area contributed by atoms with E-state index in [1.54, 1.807) is 19.2 Å². The summed E-state index contributed by atoms with van der Waals surface area (Å²) in [5, 5.41) is 8.87. The molecule has 0 saturated carbocycles. The summed E-state index contributed by atoms with van der Waals surface area (Å²) in [6.45, 7) is 3.61. The highest BCUT2D eigenvalue weighted by Crippen LogP contribution is 2.15. The first-order chi connectivity index (χ1) is 7.58. The average molecular weight is 217 g/mol. The van der Waals surface area contributed by atoms with Crippen LogP contribution in [0.4, 0.5) is 0 Å². The third kappa shape index (κ3) is 1.79. The molecule has 2 rings (SSSR count). The summed E-state index contributed by atoms with van der Waals surface area (Å²) in [5.74, 6) is -0.554. The molecule has 0 bridgehead atoms. The van der Waals surface area contributed by atoms with E-state index < -0.39 is 5.97 Å². The Kier molecular flexibility index (Phi) is 2.44. The van der Waals surface area contributed by atoms with Crippen LogP contribution in [-0.4, -0.2) is 26.0 Å². The number of aromatic amines is 1. The number of aromatic carboxylic acids is 1. The molecule has 0 atom stereocenters. The zero-order valence-corrected chi connectivity index (χ0v) is 8.98. The summed E-state index contributed by atoms with van der Waals surface area (Å²) in [6, 6.07) is 3.71. The van der Waals surface area contributed by atoms with E-state index in [1.807, 2.05) is 13.0 Å². The molecule has 0 aliphatic heterocycles. The van der Waals surface area contributed by atoms with Gasteiger partial charge in [-0.1, -0.05) is 6.07 Å². The summed E-state index contributed by atoms with van der Waals surface area (Å²) in [7, 11) is 0. The van der Waals surface area contributed by atoms with E-state index >= 15 is 0 Å². The fraction of sp³-hybridized carbons (Fsp3) is 0.182. The highest BCUT2D eigenvalue weighted by Gasteiger charge is 2.14. The molecule has 0 amide bonds. The Bertz CT molecular complexity index is 529. The van der Waals surface area contributed by atoms with Gasteiger partial charge in [-0.2, -0.15) is 0 Å². The molecule has 0 aliphatic carbocycles. The number of pyridine rings is 1. The third-order valence-corrected chi connectivity index (χ3v) is 2.24. The maximum absolute atomic E-state index is 10.8. The lowest BCUT2D eigenvalue weighted by Gasteiger charge is -1.95. The van der Waals surface area contributed by atoms with Gasteiger partial charge in [0.05, 0.1) is 0 Å². The Morgan fingerprint density at radius 3 is 2.62 bits per heavy atom. The first-order valence-corrected chi connectivity index (χ1v) is 4.81. The molecule has 2 aromatic heterocycles. The molecule has 2 aromatic rings. The quantitative estimate of drug-likeness (QED) is 0.803. The number of carbonyl (C=O) groups is 1. The summed E-state index contributed by atoms with van der Waals surface area (Å²) >= 11 is 0. The van der Waals surface area contributed by atoms with Gasteiger partial charge in [0.25, 0.3) is 0 Å². The molecule has 0 unspecified atom stereocenters. The zero-order chi connectivity index (χ0) is 11.7. The second-order valence-corrected chi connectivity index (χ2v) is 3.58. The van der Waals surface area contributed by atoms with E-state index in [9.17, 15) is 4.79 Å². The lowest BCUT2D eigenvalue weighted by atomic mass is 10.3. The predicted molar refractivity (Wildman–Crippen MR) is 58.3 cm³/mol. The van der Waals surface area contributed by atoms with E-state index in [0.717, 1.165) is 5.56 Å². The third-order valence-electron chi connectivity index (χ3n) is 2.24. The molecule has 2 heterocycles. The number of nitrogens with zero attached hydrogens (tertiary/aromatic N) is 2. The van der Waals surface area contributed by atoms with E-state index in [2.05, 4.69) is 15.0 Å². The Balaban J connectivity index is 2.45. The second kappa shape index (κ2) is 3.77. The topological polar surface area (TPSA) is 78.9 Å². The highest BCUT2D eigenvalue weighted by molar-refractivity contribution is 5.87. The largest absolute Gasteiger partial charge is 0.476 e. The average Bonchev–Trinajstić information content (AvgIpc) is 2.61. The number of aromatic nitrogens is 3. The van der Waals surface area contributed by atoms with Crippen molar-refractivity contribution in [3.05, 3.63) is 35.3 Å². The van der Waals surface area contributed by atoms with Gasteiger partial charge in [-0.15, -0.1) is 0 Å². The van der Waals surface area contributed by atoms with Gasteiger partial charge in [-0.3, -0.25) is 4.98 Å². The van der Waals surface area contributed by atoms with Crippen molar-refractivity contribution in [1.82, 2.24) is 15.0 Å². The highest BCUT2D eigenvalue weighted by atomic mass is 16.4. The molecular weight excluding hydrogens is 206 g/mol. The Morgan fingerprint density at radius 2 is 2.12 bits per heavy atom.